The Hall–Kier alpha value is -3.46. The van der Waals surface area contributed by atoms with Crippen LogP contribution in [-0.4, -0.2) is 75.0 Å². The maximum atomic E-state index is 12.7. The number of rotatable bonds is 2. The summed E-state index contributed by atoms with van der Waals surface area (Å²) in [4.78, 5) is 33.5. The fourth-order valence-electron chi connectivity index (χ4n) is 3.92. The zero-order valence-corrected chi connectivity index (χ0v) is 16.6. The standard InChI is InChI=1S/C21H24N8O/c22-19-18(20-26-15-3-1-2-4-16(15)27-20)25-17(13-24-19)14-5-9-28(10-6-14)21(30)29-11-7-23-8-12-29/h1-5,13,23H,6-12H2,(H2,22,24)(H,26,27). The number of nitrogens with two attached hydrogens (primary N) is 1. The van der Waals surface area contributed by atoms with Crippen LogP contribution in [-0.2, 0) is 0 Å². The number of amides is 2. The fourth-order valence-corrected chi connectivity index (χ4v) is 3.92. The molecule has 2 aromatic heterocycles. The Morgan fingerprint density at radius 2 is 1.90 bits per heavy atom. The van der Waals surface area contributed by atoms with Gasteiger partial charge in [-0.2, -0.15) is 0 Å². The second-order valence-electron chi connectivity index (χ2n) is 7.54. The van der Waals surface area contributed by atoms with Crippen molar-refractivity contribution in [1.29, 1.82) is 0 Å². The predicted molar refractivity (Wildman–Crippen MR) is 116 cm³/mol. The molecule has 0 aliphatic carbocycles. The van der Waals surface area contributed by atoms with E-state index in [2.05, 4.69) is 26.3 Å². The Morgan fingerprint density at radius 1 is 1.07 bits per heavy atom. The highest BCUT2D eigenvalue weighted by molar-refractivity contribution is 5.81. The minimum Gasteiger partial charge on any atom is -0.382 e. The van der Waals surface area contributed by atoms with E-state index in [4.69, 9.17) is 10.7 Å². The number of imidazole rings is 1. The van der Waals surface area contributed by atoms with Crippen LogP contribution in [0, 0.1) is 0 Å². The monoisotopic (exact) mass is 404 g/mol. The van der Waals surface area contributed by atoms with Crippen LogP contribution in [0.4, 0.5) is 10.6 Å². The highest BCUT2D eigenvalue weighted by Crippen LogP contribution is 2.27. The molecule has 0 spiro atoms. The summed E-state index contributed by atoms with van der Waals surface area (Å²) in [5.41, 5.74) is 10.3. The van der Waals surface area contributed by atoms with Crippen LogP contribution in [0.15, 0.2) is 36.5 Å². The van der Waals surface area contributed by atoms with Crippen molar-refractivity contribution in [3.05, 3.63) is 42.2 Å². The molecule has 1 aromatic carbocycles. The van der Waals surface area contributed by atoms with Gasteiger partial charge in [0, 0.05) is 39.3 Å². The number of aromatic amines is 1. The summed E-state index contributed by atoms with van der Waals surface area (Å²) < 4.78 is 0. The summed E-state index contributed by atoms with van der Waals surface area (Å²) in [6, 6.07) is 7.91. The SMILES string of the molecule is Nc1ncc(C2=CCN(C(=O)N3CCNCC3)CC2)nc1-c1nc2ccccc2[nH]1. The van der Waals surface area contributed by atoms with Crippen molar-refractivity contribution in [1.82, 2.24) is 35.1 Å². The van der Waals surface area contributed by atoms with Crippen LogP contribution in [0.2, 0.25) is 0 Å². The third-order valence-corrected chi connectivity index (χ3v) is 5.61. The number of piperazine rings is 1. The lowest BCUT2D eigenvalue weighted by atomic mass is 10.1. The first kappa shape index (κ1) is 18.6. The highest BCUT2D eigenvalue weighted by Gasteiger charge is 2.25. The van der Waals surface area contributed by atoms with E-state index >= 15 is 0 Å². The minimum absolute atomic E-state index is 0.109. The molecule has 0 unspecified atom stereocenters. The molecular formula is C21H24N8O. The van der Waals surface area contributed by atoms with Crippen LogP contribution in [0.25, 0.3) is 28.1 Å². The molecule has 0 bridgehead atoms. The summed E-state index contributed by atoms with van der Waals surface area (Å²) in [5.74, 6) is 0.944. The van der Waals surface area contributed by atoms with E-state index in [9.17, 15) is 4.79 Å². The molecule has 30 heavy (non-hydrogen) atoms. The number of urea groups is 1. The van der Waals surface area contributed by atoms with E-state index in [-0.39, 0.29) is 6.03 Å². The van der Waals surface area contributed by atoms with Crippen molar-refractivity contribution >= 4 is 28.5 Å². The molecule has 9 nitrogen and oxygen atoms in total. The van der Waals surface area contributed by atoms with Crippen molar-refractivity contribution in [3.63, 3.8) is 0 Å². The van der Waals surface area contributed by atoms with Gasteiger partial charge in [0.25, 0.3) is 0 Å². The largest absolute Gasteiger partial charge is 0.382 e. The normalized spacial score (nSPS) is 17.3. The molecule has 2 aliphatic rings. The number of nitrogens with one attached hydrogen (secondary N) is 2. The number of aromatic nitrogens is 4. The zero-order valence-electron chi connectivity index (χ0n) is 16.6. The number of carbonyl (C=O) groups is 1. The molecular weight excluding hydrogens is 380 g/mol. The first-order chi connectivity index (χ1) is 14.7. The number of nitrogens with zero attached hydrogens (tertiary/aromatic N) is 5. The van der Waals surface area contributed by atoms with Gasteiger partial charge in [0.05, 0.1) is 22.9 Å². The Labute approximate surface area is 174 Å². The third-order valence-electron chi connectivity index (χ3n) is 5.61. The average molecular weight is 404 g/mol. The Kier molecular flexibility index (Phi) is 4.80. The molecule has 154 valence electrons. The van der Waals surface area contributed by atoms with Gasteiger partial charge in [-0.05, 0) is 24.1 Å². The number of hydrogen-bond acceptors (Lipinski definition) is 6. The van der Waals surface area contributed by atoms with Crippen LogP contribution < -0.4 is 11.1 Å². The molecule has 0 saturated carbocycles. The molecule has 0 atom stereocenters. The van der Waals surface area contributed by atoms with Crippen molar-refractivity contribution < 1.29 is 4.79 Å². The van der Waals surface area contributed by atoms with Crippen LogP contribution in [0.5, 0.6) is 0 Å². The van der Waals surface area contributed by atoms with E-state index in [1.807, 2.05) is 34.1 Å². The molecule has 1 fully saturated rings. The number of H-pyrrole nitrogens is 1. The topological polar surface area (TPSA) is 116 Å². The second kappa shape index (κ2) is 7.75. The van der Waals surface area contributed by atoms with E-state index in [0.29, 0.717) is 30.4 Å². The smallest absolute Gasteiger partial charge is 0.320 e. The highest BCUT2D eigenvalue weighted by atomic mass is 16.2. The van der Waals surface area contributed by atoms with E-state index in [1.165, 1.54) is 0 Å². The minimum atomic E-state index is 0.109. The lowest BCUT2D eigenvalue weighted by Gasteiger charge is -2.34. The van der Waals surface area contributed by atoms with Crippen molar-refractivity contribution in [2.75, 3.05) is 45.0 Å². The number of carbonyl (C=O) groups excluding carboxylic acids is 1. The Balaban J connectivity index is 1.37. The van der Waals surface area contributed by atoms with Gasteiger partial charge in [0.2, 0.25) is 0 Å². The fraction of sp³-hybridized carbons (Fsp3) is 0.333. The number of benzene rings is 1. The van der Waals surface area contributed by atoms with Crippen LogP contribution in [0.3, 0.4) is 0 Å². The number of para-hydroxylation sites is 2. The Morgan fingerprint density at radius 3 is 2.67 bits per heavy atom. The molecule has 2 aliphatic heterocycles. The lowest BCUT2D eigenvalue weighted by molar-refractivity contribution is 0.151. The molecule has 2 amide bonds. The lowest BCUT2D eigenvalue weighted by Crippen LogP contribution is -2.52. The molecule has 9 heteroatoms. The maximum Gasteiger partial charge on any atom is 0.320 e. The van der Waals surface area contributed by atoms with Gasteiger partial charge in [0.15, 0.2) is 11.6 Å². The van der Waals surface area contributed by atoms with E-state index < -0.39 is 0 Å². The van der Waals surface area contributed by atoms with Crippen LogP contribution in [0.1, 0.15) is 12.1 Å². The van der Waals surface area contributed by atoms with Gasteiger partial charge >= 0.3 is 6.03 Å². The average Bonchev–Trinajstić information content (AvgIpc) is 3.24. The summed E-state index contributed by atoms with van der Waals surface area (Å²) >= 11 is 0. The summed E-state index contributed by atoms with van der Waals surface area (Å²) in [6.45, 7) is 4.47. The third kappa shape index (κ3) is 3.48. The second-order valence-corrected chi connectivity index (χ2v) is 7.54. The number of nitrogen functional groups attached to an aromatic ring is 1. The summed E-state index contributed by atoms with van der Waals surface area (Å²) in [6.07, 6.45) is 4.49. The van der Waals surface area contributed by atoms with Crippen molar-refractivity contribution in [3.8, 4) is 11.5 Å². The molecule has 3 aromatic rings. The number of fused-ring (bicyclic) bond motifs is 1. The van der Waals surface area contributed by atoms with Gasteiger partial charge in [-0.25, -0.2) is 19.7 Å². The predicted octanol–water partition coefficient (Wildman–Crippen LogP) is 1.72. The molecule has 5 rings (SSSR count). The van der Waals surface area contributed by atoms with Crippen molar-refractivity contribution in [2.45, 2.75) is 6.42 Å². The summed E-state index contributed by atoms with van der Waals surface area (Å²) in [5, 5.41) is 3.28. The van der Waals surface area contributed by atoms with Gasteiger partial charge < -0.3 is 25.8 Å². The van der Waals surface area contributed by atoms with Gasteiger partial charge in [-0.3, -0.25) is 0 Å². The van der Waals surface area contributed by atoms with E-state index in [1.54, 1.807) is 6.20 Å². The first-order valence-electron chi connectivity index (χ1n) is 10.2. The van der Waals surface area contributed by atoms with Gasteiger partial charge in [-0.1, -0.05) is 18.2 Å². The van der Waals surface area contributed by atoms with E-state index in [0.717, 1.165) is 54.9 Å². The van der Waals surface area contributed by atoms with Gasteiger partial charge in [-0.15, -0.1) is 0 Å². The molecule has 1 saturated heterocycles. The summed E-state index contributed by atoms with van der Waals surface area (Å²) in [7, 11) is 0. The van der Waals surface area contributed by atoms with Gasteiger partial charge in [0.1, 0.15) is 5.69 Å². The number of anilines is 1. The molecule has 4 N–H and O–H groups in total. The molecule has 0 radical (unpaired) electrons. The zero-order chi connectivity index (χ0) is 20.5. The molecule has 4 heterocycles. The Bertz CT molecular complexity index is 1080. The quantitative estimate of drug-likeness (QED) is 0.599. The number of hydrogen-bond donors (Lipinski definition) is 3. The first-order valence-corrected chi connectivity index (χ1v) is 10.2. The van der Waals surface area contributed by atoms with Crippen molar-refractivity contribution in [2.24, 2.45) is 0 Å². The van der Waals surface area contributed by atoms with Crippen LogP contribution >= 0.6 is 0 Å². The maximum absolute atomic E-state index is 12.7.